The van der Waals surface area contributed by atoms with E-state index in [1.165, 1.54) is 0 Å². The van der Waals surface area contributed by atoms with Crippen molar-refractivity contribution in [2.24, 2.45) is 0 Å². The van der Waals surface area contributed by atoms with Gasteiger partial charge in [0.15, 0.2) is 5.79 Å². The van der Waals surface area contributed by atoms with Crippen LogP contribution >= 0.6 is 0 Å². The summed E-state index contributed by atoms with van der Waals surface area (Å²) in [6.45, 7) is 7.76. The van der Waals surface area contributed by atoms with Crippen molar-refractivity contribution in [3.8, 4) is 0 Å². The molecule has 1 saturated heterocycles. The van der Waals surface area contributed by atoms with Crippen LogP contribution in [-0.2, 0) is 20.3 Å². The minimum Gasteiger partial charge on any atom is -0.390 e. The van der Waals surface area contributed by atoms with Crippen LogP contribution in [-0.4, -0.2) is 39.2 Å². The van der Waals surface area contributed by atoms with Crippen molar-refractivity contribution in [2.45, 2.75) is 76.0 Å². The highest BCUT2D eigenvalue weighted by Gasteiger charge is 2.45. The molecule has 0 radical (unpaired) electrons. The molecule has 1 aliphatic rings. The van der Waals surface area contributed by atoms with Crippen molar-refractivity contribution in [3.63, 3.8) is 0 Å². The maximum atomic E-state index is 12.6. The topological polar surface area (TPSA) is 55.8 Å². The Morgan fingerprint density at radius 1 is 1.26 bits per heavy atom. The van der Waals surface area contributed by atoms with Crippen LogP contribution < -0.4 is 0 Å². The Bertz CT molecular complexity index is 526. The van der Waals surface area contributed by atoms with Gasteiger partial charge in [0, 0.05) is 4.90 Å². The van der Waals surface area contributed by atoms with Gasteiger partial charge in [-0.2, -0.15) is 0 Å². The minimum atomic E-state index is -1.17. The molecule has 2 rings (SSSR count). The van der Waals surface area contributed by atoms with Crippen LogP contribution in [0.25, 0.3) is 0 Å². The van der Waals surface area contributed by atoms with E-state index in [0.29, 0.717) is 12.2 Å². The molecule has 0 saturated carbocycles. The lowest BCUT2D eigenvalue weighted by atomic mass is 10.0. The predicted octanol–water partition coefficient (Wildman–Crippen LogP) is 3.17. The lowest BCUT2D eigenvalue weighted by Crippen LogP contribution is -2.38. The molecule has 1 heterocycles. The van der Waals surface area contributed by atoms with Crippen LogP contribution in [0.15, 0.2) is 29.2 Å². The van der Waals surface area contributed by atoms with Crippen LogP contribution in [0.5, 0.6) is 0 Å². The molecule has 0 spiro atoms. The summed E-state index contributed by atoms with van der Waals surface area (Å²) in [6.07, 6.45) is 1.26. The monoisotopic (exact) mass is 340 g/mol. The van der Waals surface area contributed by atoms with E-state index < -0.39 is 28.8 Å². The summed E-state index contributed by atoms with van der Waals surface area (Å²) >= 11 is 0. The van der Waals surface area contributed by atoms with E-state index in [0.717, 1.165) is 23.3 Å². The summed E-state index contributed by atoms with van der Waals surface area (Å²) in [5.41, 5.74) is 1.14. The minimum absolute atomic E-state index is 0.334. The van der Waals surface area contributed by atoms with Gasteiger partial charge in [0.2, 0.25) is 0 Å². The molecule has 4 atom stereocenters. The van der Waals surface area contributed by atoms with Gasteiger partial charge in [-0.3, -0.25) is 4.21 Å². The molecule has 5 heteroatoms. The zero-order chi connectivity index (χ0) is 17.0. The Hall–Kier alpha value is -0.750. The Morgan fingerprint density at radius 3 is 2.52 bits per heavy atom. The van der Waals surface area contributed by atoms with Crippen LogP contribution in [0.1, 0.15) is 45.6 Å². The first kappa shape index (κ1) is 18.6. The number of ether oxygens (including phenoxy) is 2. The fraction of sp³-hybridized carbons (Fsp3) is 0.667. The number of aliphatic hydroxyl groups is 1. The van der Waals surface area contributed by atoms with Gasteiger partial charge in [0.05, 0.1) is 22.7 Å². The summed E-state index contributed by atoms with van der Waals surface area (Å²) in [4.78, 5) is 0.783. The van der Waals surface area contributed by atoms with E-state index in [2.05, 4.69) is 6.92 Å². The molecule has 1 N–H and O–H groups in total. The van der Waals surface area contributed by atoms with Crippen molar-refractivity contribution in [2.75, 3.05) is 5.75 Å². The number of hydrogen-bond donors (Lipinski definition) is 1. The molecule has 1 aliphatic heterocycles. The van der Waals surface area contributed by atoms with Crippen molar-refractivity contribution in [1.29, 1.82) is 0 Å². The molecule has 1 unspecified atom stereocenters. The normalized spacial score (nSPS) is 26.1. The van der Waals surface area contributed by atoms with E-state index in [9.17, 15) is 9.32 Å². The van der Waals surface area contributed by atoms with Crippen molar-refractivity contribution in [3.05, 3.63) is 29.8 Å². The molecule has 0 amide bonds. The van der Waals surface area contributed by atoms with Gasteiger partial charge in [-0.25, -0.2) is 0 Å². The number of rotatable bonds is 7. The smallest absolute Gasteiger partial charge is 0.163 e. The number of hydrogen-bond acceptors (Lipinski definition) is 4. The summed E-state index contributed by atoms with van der Waals surface area (Å²) in [7, 11) is -1.17. The molecule has 0 aromatic heterocycles. The number of aliphatic hydroxyl groups excluding tert-OH is 1. The van der Waals surface area contributed by atoms with E-state index in [-0.39, 0.29) is 6.10 Å². The summed E-state index contributed by atoms with van der Waals surface area (Å²) in [6, 6.07) is 7.68. The van der Waals surface area contributed by atoms with Gasteiger partial charge >= 0.3 is 0 Å². The summed E-state index contributed by atoms with van der Waals surface area (Å²) in [5.74, 6) is -0.416. The Balaban J connectivity index is 2.05. The zero-order valence-electron chi connectivity index (χ0n) is 14.5. The maximum Gasteiger partial charge on any atom is 0.163 e. The van der Waals surface area contributed by atoms with E-state index in [1.54, 1.807) is 0 Å². The van der Waals surface area contributed by atoms with Gasteiger partial charge in [0.25, 0.3) is 0 Å². The molecule has 1 aromatic rings. The highest BCUT2D eigenvalue weighted by Crippen LogP contribution is 2.32. The molecule has 4 nitrogen and oxygen atoms in total. The van der Waals surface area contributed by atoms with Crippen molar-refractivity contribution >= 4 is 10.8 Å². The molecule has 23 heavy (non-hydrogen) atoms. The van der Waals surface area contributed by atoms with E-state index in [4.69, 9.17) is 9.47 Å². The first-order valence-electron chi connectivity index (χ1n) is 8.31. The van der Waals surface area contributed by atoms with Crippen LogP contribution in [0.2, 0.25) is 0 Å². The second-order valence-electron chi connectivity index (χ2n) is 6.67. The van der Waals surface area contributed by atoms with Gasteiger partial charge in [-0.05, 0) is 39.3 Å². The quantitative estimate of drug-likeness (QED) is 0.828. The standard InChI is InChI=1S/C18H28O4S/c1-5-6-7-15(19)17-16(21-18(3,4)22-17)12-23(20)14-10-8-13(2)9-11-14/h8-11,15-17,19H,5-7,12H2,1-4H3/t15-,16-,17+,23?/m0/s1. The molecular formula is C18H28O4S. The zero-order valence-corrected chi connectivity index (χ0v) is 15.3. The lowest BCUT2D eigenvalue weighted by Gasteiger charge is -2.22. The second kappa shape index (κ2) is 7.88. The Labute approximate surface area is 141 Å². The van der Waals surface area contributed by atoms with Crippen LogP contribution in [0.4, 0.5) is 0 Å². The molecule has 0 aliphatic carbocycles. The summed E-state index contributed by atoms with van der Waals surface area (Å²) in [5, 5.41) is 10.4. The average Bonchev–Trinajstić information content (AvgIpc) is 2.80. The molecule has 130 valence electrons. The third-order valence-electron chi connectivity index (χ3n) is 4.05. The van der Waals surface area contributed by atoms with Crippen LogP contribution in [0, 0.1) is 6.92 Å². The SMILES string of the molecule is CCCC[C@H](O)[C@H]1OC(C)(C)O[C@H]1CS(=O)c1ccc(C)cc1. The largest absolute Gasteiger partial charge is 0.390 e. The Morgan fingerprint density at radius 2 is 1.91 bits per heavy atom. The third-order valence-corrected chi connectivity index (χ3v) is 5.48. The van der Waals surface area contributed by atoms with Gasteiger partial charge in [-0.15, -0.1) is 0 Å². The lowest BCUT2D eigenvalue weighted by molar-refractivity contribution is -0.154. The fourth-order valence-corrected chi connectivity index (χ4v) is 4.02. The third kappa shape index (κ3) is 5.11. The molecular weight excluding hydrogens is 312 g/mol. The first-order chi connectivity index (χ1) is 10.8. The van der Waals surface area contributed by atoms with Gasteiger partial charge in [-0.1, -0.05) is 37.5 Å². The van der Waals surface area contributed by atoms with Crippen molar-refractivity contribution < 1.29 is 18.8 Å². The fourth-order valence-electron chi connectivity index (χ4n) is 2.83. The van der Waals surface area contributed by atoms with E-state index in [1.807, 2.05) is 45.0 Å². The van der Waals surface area contributed by atoms with Crippen molar-refractivity contribution in [1.82, 2.24) is 0 Å². The molecule has 1 aromatic carbocycles. The van der Waals surface area contributed by atoms with E-state index >= 15 is 0 Å². The summed E-state index contributed by atoms with van der Waals surface area (Å²) < 4.78 is 24.4. The highest BCUT2D eigenvalue weighted by atomic mass is 32.2. The number of unbranched alkanes of at least 4 members (excludes halogenated alkanes) is 1. The first-order valence-corrected chi connectivity index (χ1v) is 9.63. The predicted molar refractivity (Wildman–Crippen MR) is 91.8 cm³/mol. The number of benzene rings is 1. The molecule has 1 fully saturated rings. The average molecular weight is 340 g/mol. The molecule has 0 bridgehead atoms. The maximum absolute atomic E-state index is 12.6. The van der Waals surface area contributed by atoms with Gasteiger partial charge < -0.3 is 14.6 Å². The second-order valence-corrected chi connectivity index (χ2v) is 8.17. The van der Waals surface area contributed by atoms with Gasteiger partial charge in [0.1, 0.15) is 12.2 Å². The number of aryl methyl sites for hydroxylation is 1. The Kier molecular flexibility index (Phi) is 6.37. The van der Waals surface area contributed by atoms with Crippen LogP contribution in [0.3, 0.4) is 0 Å². The highest BCUT2D eigenvalue weighted by molar-refractivity contribution is 7.85.